The summed E-state index contributed by atoms with van der Waals surface area (Å²) in [6.07, 6.45) is 2.26. The summed E-state index contributed by atoms with van der Waals surface area (Å²) in [5.74, 6) is 0.366. The molecule has 0 aliphatic rings. The largest absolute Gasteiger partial charge is 0.508 e. The van der Waals surface area contributed by atoms with Gasteiger partial charge in [-0.1, -0.05) is 26.3 Å². The van der Waals surface area contributed by atoms with Crippen LogP contribution in [0.5, 0.6) is 5.75 Å². The maximum absolute atomic E-state index is 9.52. The van der Waals surface area contributed by atoms with Crippen molar-refractivity contribution in [2.75, 3.05) is 0 Å². The van der Waals surface area contributed by atoms with E-state index in [1.807, 2.05) is 13.0 Å². The highest BCUT2D eigenvalue weighted by Gasteiger charge is 2.20. The SMILES string of the molecule is CCCC(C)(P)c1cc(C)cc(O)c1. The number of rotatable bonds is 3. The lowest BCUT2D eigenvalue weighted by Gasteiger charge is -2.25. The van der Waals surface area contributed by atoms with E-state index in [4.69, 9.17) is 0 Å². The molecule has 0 aromatic heterocycles. The van der Waals surface area contributed by atoms with Gasteiger partial charge in [0.1, 0.15) is 5.75 Å². The van der Waals surface area contributed by atoms with E-state index in [-0.39, 0.29) is 5.16 Å². The van der Waals surface area contributed by atoms with Crippen LogP contribution in [-0.4, -0.2) is 5.11 Å². The van der Waals surface area contributed by atoms with Gasteiger partial charge in [-0.3, -0.25) is 0 Å². The predicted molar refractivity (Wildman–Crippen MR) is 64.8 cm³/mol. The van der Waals surface area contributed by atoms with Crippen LogP contribution in [0.15, 0.2) is 18.2 Å². The van der Waals surface area contributed by atoms with Gasteiger partial charge in [0.15, 0.2) is 0 Å². The normalized spacial score (nSPS) is 15.1. The monoisotopic (exact) mass is 210 g/mol. The number of phenolic OH excluding ortho intramolecular Hbond substituents is 1. The third-order valence-corrected chi connectivity index (χ3v) is 3.11. The maximum atomic E-state index is 9.52. The van der Waals surface area contributed by atoms with Gasteiger partial charge in [0, 0.05) is 5.16 Å². The van der Waals surface area contributed by atoms with Gasteiger partial charge in [0.25, 0.3) is 0 Å². The molecule has 0 fully saturated rings. The second-order valence-electron chi connectivity index (χ2n) is 4.22. The molecule has 0 aliphatic heterocycles. The third kappa shape index (κ3) is 2.72. The molecular weight excluding hydrogens is 191 g/mol. The molecule has 78 valence electrons. The van der Waals surface area contributed by atoms with Gasteiger partial charge in [-0.15, -0.1) is 9.24 Å². The molecule has 0 amide bonds. The van der Waals surface area contributed by atoms with E-state index < -0.39 is 0 Å². The van der Waals surface area contributed by atoms with Crippen LogP contribution < -0.4 is 0 Å². The molecule has 1 N–H and O–H groups in total. The minimum atomic E-state index is 0.0816. The minimum absolute atomic E-state index is 0.0816. The topological polar surface area (TPSA) is 20.2 Å². The summed E-state index contributed by atoms with van der Waals surface area (Å²) in [6.45, 7) is 6.38. The van der Waals surface area contributed by atoms with Crippen LogP contribution in [-0.2, 0) is 5.16 Å². The van der Waals surface area contributed by atoms with E-state index in [1.54, 1.807) is 6.07 Å². The molecule has 1 aromatic carbocycles. The molecule has 1 rings (SSSR count). The summed E-state index contributed by atoms with van der Waals surface area (Å²) in [7, 11) is 2.88. The molecule has 0 aliphatic carbocycles. The summed E-state index contributed by atoms with van der Waals surface area (Å²) in [6, 6.07) is 5.79. The summed E-state index contributed by atoms with van der Waals surface area (Å²) in [4.78, 5) is 0. The fourth-order valence-electron chi connectivity index (χ4n) is 1.76. The smallest absolute Gasteiger partial charge is 0.116 e. The van der Waals surface area contributed by atoms with Gasteiger partial charge in [-0.2, -0.15) is 0 Å². The average molecular weight is 210 g/mol. The lowest BCUT2D eigenvalue weighted by Crippen LogP contribution is -2.12. The highest BCUT2D eigenvalue weighted by molar-refractivity contribution is 7.18. The van der Waals surface area contributed by atoms with Crippen LogP contribution in [0.3, 0.4) is 0 Å². The maximum Gasteiger partial charge on any atom is 0.116 e. The lowest BCUT2D eigenvalue weighted by molar-refractivity contribution is 0.472. The molecule has 2 heteroatoms. The van der Waals surface area contributed by atoms with Crippen molar-refractivity contribution >= 4 is 9.24 Å². The first kappa shape index (κ1) is 11.5. The highest BCUT2D eigenvalue weighted by Crippen LogP contribution is 2.37. The van der Waals surface area contributed by atoms with E-state index in [1.165, 1.54) is 5.56 Å². The molecule has 0 saturated heterocycles. The molecule has 2 atom stereocenters. The average Bonchev–Trinajstić information content (AvgIpc) is 2.02. The Balaban J connectivity index is 3.05. The molecule has 0 spiro atoms. The van der Waals surface area contributed by atoms with Gasteiger partial charge in [-0.05, 0) is 36.6 Å². The molecule has 14 heavy (non-hydrogen) atoms. The Hall–Kier alpha value is -0.550. The Kier molecular flexibility index (Phi) is 3.55. The van der Waals surface area contributed by atoms with E-state index in [9.17, 15) is 5.11 Å². The Bertz CT molecular complexity index is 298. The number of hydrogen-bond donors (Lipinski definition) is 1. The number of benzene rings is 1. The second-order valence-corrected chi connectivity index (χ2v) is 5.50. The van der Waals surface area contributed by atoms with E-state index in [0.717, 1.165) is 18.4 Å². The van der Waals surface area contributed by atoms with Crippen molar-refractivity contribution in [3.8, 4) is 5.75 Å². The number of phenols is 1. The fraction of sp³-hybridized carbons (Fsp3) is 0.500. The van der Waals surface area contributed by atoms with Crippen LogP contribution in [0.1, 0.15) is 37.8 Å². The van der Waals surface area contributed by atoms with Crippen LogP contribution in [0, 0.1) is 6.92 Å². The Morgan fingerprint density at radius 1 is 1.36 bits per heavy atom. The van der Waals surface area contributed by atoms with Gasteiger partial charge < -0.3 is 5.11 Å². The van der Waals surface area contributed by atoms with Crippen molar-refractivity contribution in [3.05, 3.63) is 29.3 Å². The first-order chi connectivity index (χ1) is 6.45. The van der Waals surface area contributed by atoms with Gasteiger partial charge in [0.2, 0.25) is 0 Å². The van der Waals surface area contributed by atoms with Gasteiger partial charge in [0.05, 0.1) is 0 Å². The number of aryl methyl sites for hydroxylation is 1. The first-order valence-corrected chi connectivity index (χ1v) is 5.63. The van der Waals surface area contributed by atoms with Crippen molar-refractivity contribution in [2.24, 2.45) is 0 Å². The van der Waals surface area contributed by atoms with Crippen molar-refractivity contribution in [3.63, 3.8) is 0 Å². The highest BCUT2D eigenvalue weighted by atomic mass is 31.0. The molecule has 1 nitrogen and oxygen atoms in total. The number of aromatic hydroxyl groups is 1. The van der Waals surface area contributed by atoms with Crippen molar-refractivity contribution in [1.29, 1.82) is 0 Å². The van der Waals surface area contributed by atoms with Crippen molar-refractivity contribution < 1.29 is 5.11 Å². The Morgan fingerprint density at radius 2 is 2.00 bits per heavy atom. The van der Waals surface area contributed by atoms with E-state index >= 15 is 0 Å². The summed E-state index contributed by atoms with van der Waals surface area (Å²) < 4.78 is 0. The summed E-state index contributed by atoms with van der Waals surface area (Å²) in [5.41, 5.74) is 2.31. The first-order valence-electron chi connectivity index (χ1n) is 5.05. The third-order valence-electron chi connectivity index (χ3n) is 2.49. The van der Waals surface area contributed by atoms with E-state index in [0.29, 0.717) is 5.75 Å². The Morgan fingerprint density at radius 3 is 2.50 bits per heavy atom. The van der Waals surface area contributed by atoms with Crippen LogP contribution in [0.25, 0.3) is 0 Å². The molecule has 2 unspecified atom stereocenters. The van der Waals surface area contributed by atoms with Crippen LogP contribution in [0.2, 0.25) is 0 Å². The van der Waals surface area contributed by atoms with Crippen molar-refractivity contribution in [1.82, 2.24) is 0 Å². The van der Waals surface area contributed by atoms with Crippen LogP contribution in [0.4, 0.5) is 0 Å². The zero-order chi connectivity index (χ0) is 10.8. The minimum Gasteiger partial charge on any atom is -0.508 e. The number of hydrogen-bond acceptors (Lipinski definition) is 1. The zero-order valence-electron chi connectivity index (χ0n) is 9.17. The molecular formula is C12H19OP. The fourth-order valence-corrected chi connectivity index (χ4v) is 2.21. The van der Waals surface area contributed by atoms with Gasteiger partial charge in [-0.25, -0.2) is 0 Å². The predicted octanol–water partition coefficient (Wildman–Crippen LogP) is 3.59. The molecule has 0 bridgehead atoms. The molecule has 0 heterocycles. The van der Waals surface area contributed by atoms with Crippen molar-refractivity contribution in [2.45, 2.75) is 38.8 Å². The quantitative estimate of drug-likeness (QED) is 0.756. The zero-order valence-corrected chi connectivity index (χ0v) is 10.3. The second kappa shape index (κ2) is 4.31. The molecule has 1 aromatic rings. The lowest BCUT2D eigenvalue weighted by atomic mass is 9.94. The van der Waals surface area contributed by atoms with Crippen LogP contribution >= 0.6 is 9.24 Å². The standard InChI is InChI=1S/C12H19OP/c1-4-5-12(3,14)10-6-9(2)7-11(13)8-10/h6-8,13H,4-5,14H2,1-3H3. The molecule has 0 radical (unpaired) electrons. The van der Waals surface area contributed by atoms with Gasteiger partial charge >= 0.3 is 0 Å². The summed E-state index contributed by atoms with van der Waals surface area (Å²) in [5, 5.41) is 9.60. The Labute approximate surface area is 88.7 Å². The summed E-state index contributed by atoms with van der Waals surface area (Å²) >= 11 is 0. The van der Waals surface area contributed by atoms with E-state index in [2.05, 4.69) is 29.2 Å². The molecule has 0 saturated carbocycles.